The summed E-state index contributed by atoms with van der Waals surface area (Å²) in [5.74, 6) is 3.04. The average Bonchev–Trinajstić information content (AvgIpc) is 3.58. The van der Waals surface area contributed by atoms with Crippen LogP contribution in [0.2, 0.25) is 0 Å². The molecule has 0 aromatic heterocycles. The van der Waals surface area contributed by atoms with Crippen molar-refractivity contribution in [3.05, 3.63) is 22.9 Å². The second kappa shape index (κ2) is 13.4. The number of nitrogen functional groups attached to an aromatic ring is 1. The van der Waals surface area contributed by atoms with Crippen molar-refractivity contribution in [2.45, 2.75) is 88.5 Å². The standard InChI is InChI=1S/C30H40BrN7O5S/c1-17(2)12-20(34-29(40)43-30(3,4)5)27(39)37-9-6-18(7-10-37)8-11-38-15-33-25(32)24-26(38)36-28(35-24)44-23-14-22-21(13-19(23)31)41-16-42-22/h13-15,17-18,20H,6-12,16,32H2,1-5H3,(H,34,40)/t20-/m0/s1. The summed E-state index contributed by atoms with van der Waals surface area (Å²) < 4.78 is 19.2. The molecule has 4 aliphatic rings. The molecule has 0 radical (unpaired) electrons. The van der Waals surface area contributed by atoms with E-state index in [1.807, 2.05) is 56.2 Å². The van der Waals surface area contributed by atoms with E-state index < -0.39 is 17.7 Å². The molecule has 5 rings (SSSR count). The smallest absolute Gasteiger partial charge is 0.408 e. The fourth-order valence-electron chi connectivity index (χ4n) is 5.35. The Labute approximate surface area is 270 Å². The highest BCUT2D eigenvalue weighted by atomic mass is 79.9. The SMILES string of the molecule is CC(C)C[C@H](NC(=O)OC(C)(C)C)C(=O)N1CCC(CCn2cnc(N)c3nc(Sc4cc5c(cc4Br)OCO5)nc2-3)CC1. The van der Waals surface area contributed by atoms with E-state index in [9.17, 15) is 9.59 Å². The number of halogens is 1. The number of likely N-dealkylation sites (tertiary alicyclic amines) is 1. The van der Waals surface area contributed by atoms with Gasteiger partial charge in [0.1, 0.15) is 11.6 Å². The van der Waals surface area contributed by atoms with Crippen molar-refractivity contribution in [1.82, 2.24) is 29.7 Å². The first-order valence-electron chi connectivity index (χ1n) is 14.9. The van der Waals surface area contributed by atoms with Gasteiger partial charge in [0.05, 0.1) is 6.33 Å². The number of nitrogens with one attached hydrogen (secondary N) is 1. The number of nitrogens with zero attached hydrogens (tertiary/aromatic N) is 5. The van der Waals surface area contributed by atoms with Crippen molar-refractivity contribution in [2.75, 3.05) is 25.6 Å². The van der Waals surface area contributed by atoms with Crippen LogP contribution in [0.4, 0.5) is 10.6 Å². The Kier molecular flexibility index (Phi) is 9.78. The highest BCUT2D eigenvalue weighted by molar-refractivity contribution is 9.10. The summed E-state index contributed by atoms with van der Waals surface area (Å²) in [7, 11) is 0. The van der Waals surface area contributed by atoms with Crippen molar-refractivity contribution < 1.29 is 23.8 Å². The number of aromatic nitrogens is 4. The molecule has 2 amide bonds. The fraction of sp³-hybridized carbons (Fsp3) is 0.567. The van der Waals surface area contributed by atoms with Gasteiger partial charge in [0.15, 0.2) is 34.0 Å². The minimum Gasteiger partial charge on any atom is -0.454 e. The number of fused-ring (bicyclic) bond motifs is 2. The monoisotopic (exact) mass is 689 g/mol. The third-order valence-corrected chi connectivity index (χ3v) is 9.34. The van der Waals surface area contributed by atoms with Gasteiger partial charge in [0.2, 0.25) is 12.7 Å². The summed E-state index contributed by atoms with van der Waals surface area (Å²) in [6, 6.07) is 3.18. The molecule has 238 valence electrons. The van der Waals surface area contributed by atoms with Crippen LogP contribution in [0, 0.1) is 11.8 Å². The number of carbonyl (C=O) groups is 2. The lowest BCUT2D eigenvalue weighted by Gasteiger charge is -2.35. The molecule has 44 heavy (non-hydrogen) atoms. The average molecular weight is 691 g/mol. The first-order chi connectivity index (χ1) is 20.9. The fourth-order valence-corrected chi connectivity index (χ4v) is 6.70. The van der Waals surface area contributed by atoms with Gasteiger partial charge >= 0.3 is 6.09 Å². The van der Waals surface area contributed by atoms with Crippen molar-refractivity contribution in [3.63, 3.8) is 0 Å². The van der Waals surface area contributed by atoms with Crippen molar-refractivity contribution in [3.8, 4) is 23.0 Å². The van der Waals surface area contributed by atoms with Crippen LogP contribution in [0.15, 0.2) is 33.0 Å². The number of amides is 2. The van der Waals surface area contributed by atoms with Gasteiger partial charge in [-0.2, -0.15) is 0 Å². The van der Waals surface area contributed by atoms with Gasteiger partial charge in [-0.05, 0) is 98.1 Å². The number of benzene rings is 1. The third kappa shape index (κ3) is 7.87. The summed E-state index contributed by atoms with van der Waals surface area (Å²) in [6.07, 6.45) is 4.38. The molecule has 1 aromatic rings. The molecular formula is C30H40BrN7O5S. The first kappa shape index (κ1) is 32.1. The first-order valence-corrected chi connectivity index (χ1v) is 16.5. The molecule has 12 nitrogen and oxygen atoms in total. The minimum atomic E-state index is -0.629. The maximum Gasteiger partial charge on any atom is 0.408 e. The van der Waals surface area contributed by atoms with Crippen molar-refractivity contribution in [1.29, 1.82) is 0 Å². The zero-order valence-electron chi connectivity index (χ0n) is 25.8. The van der Waals surface area contributed by atoms with Crippen molar-refractivity contribution in [2.24, 2.45) is 11.8 Å². The molecule has 14 heteroatoms. The Hall–Kier alpha value is -3.26. The van der Waals surface area contributed by atoms with Gasteiger partial charge < -0.3 is 34.7 Å². The molecule has 0 bridgehead atoms. The Morgan fingerprint density at radius 2 is 1.89 bits per heavy atom. The Balaban J connectivity index is 1.18. The molecule has 0 saturated carbocycles. The summed E-state index contributed by atoms with van der Waals surface area (Å²) >= 11 is 5.01. The van der Waals surface area contributed by atoms with Crippen LogP contribution in [-0.4, -0.2) is 67.9 Å². The van der Waals surface area contributed by atoms with E-state index in [-0.39, 0.29) is 18.6 Å². The lowest BCUT2D eigenvalue weighted by molar-refractivity contribution is -0.135. The number of ether oxygens (including phenoxy) is 3. The molecule has 1 atom stereocenters. The van der Waals surface area contributed by atoms with E-state index in [0.29, 0.717) is 66.0 Å². The van der Waals surface area contributed by atoms with E-state index in [1.54, 1.807) is 6.33 Å². The van der Waals surface area contributed by atoms with E-state index in [0.717, 1.165) is 28.6 Å². The normalized spacial score (nSPS) is 16.0. The number of alkyl carbamates (subject to hydrolysis) is 1. The second-order valence-corrected chi connectivity index (χ2v) is 14.5. The molecule has 1 saturated heterocycles. The second-order valence-electron chi connectivity index (χ2n) is 12.6. The van der Waals surface area contributed by atoms with Gasteiger partial charge in [0, 0.05) is 29.0 Å². The highest BCUT2D eigenvalue weighted by Gasteiger charge is 2.31. The number of hydrogen-bond acceptors (Lipinski definition) is 10. The van der Waals surface area contributed by atoms with Crippen LogP contribution in [0.1, 0.15) is 60.3 Å². The molecule has 0 spiro atoms. The largest absolute Gasteiger partial charge is 0.454 e. The van der Waals surface area contributed by atoms with Crippen LogP contribution >= 0.6 is 27.7 Å². The van der Waals surface area contributed by atoms with Gasteiger partial charge in [0.25, 0.3) is 0 Å². The van der Waals surface area contributed by atoms with Crippen LogP contribution in [0.5, 0.6) is 11.5 Å². The Morgan fingerprint density at radius 1 is 1.18 bits per heavy atom. The minimum absolute atomic E-state index is 0.0481. The van der Waals surface area contributed by atoms with Gasteiger partial charge in [-0.15, -0.1) is 0 Å². The molecule has 0 aliphatic carbocycles. The van der Waals surface area contributed by atoms with Gasteiger partial charge in [-0.1, -0.05) is 13.8 Å². The number of rotatable bonds is 9. The zero-order valence-corrected chi connectivity index (χ0v) is 28.2. The van der Waals surface area contributed by atoms with E-state index in [2.05, 4.69) is 31.2 Å². The maximum atomic E-state index is 13.4. The number of imidazole rings is 1. The molecule has 4 aliphatic heterocycles. The number of nitrogens with two attached hydrogens (primary N) is 1. The van der Waals surface area contributed by atoms with Crippen LogP contribution < -0.4 is 20.5 Å². The molecule has 4 heterocycles. The summed E-state index contributed by atoms with van der Waals surface area (Å²) in [4.78, 5) is 42.4. The van der Waals surface area contributed by atoms with Crippen LogP contribution in [-0.2, 0) is 16.1 Å². The summed E-state index contributed by atoms with van der Waals surface area (Å²) in [5.41, 5.74) is 6.12. The van der Waals surface area contributed by atoms with E-state index >= 15 is 0 Å². The van der Waals surface area contributed by atoms with E-state index in [1.165, 1.54) is 11.8 Å². The lowest BCUT2D eigenvalue weighted by atomic mass is 9.92. The molecule has 3 N–H and O–H groups in total. The number of anilines is 1. The zero-order chi connectivity index (χ0) is 31.6. The molecule has 1 aromatic carbocycles. The number of hydrogen-bond donors (Lipinski definition) is 2. The predicted octanol–water partition coefficient (Wildman–Crippen LogP) is 5.57. The van der Waals surface area contributed by atoms with Crippen LogP contribution in [0.3, 0.4) is 0 Å². The summed E-state index contributed by atoms with van der Waals surface area (Å²) in [6.45, 7) is 11.7. The van der Waals surface area contributed by atoms with Gasteiger partial charge in [-0.25, -0.2) is 19.7 Å². The topological polar surface area (TPSA) is 147 Å². The highest BCUT2D eigenvalue weighted by Crippen LogP contribution is 2.43. The Morgan fingerprint density at radius 3 is 2.57 bits per heavy atom. The third-order valence-electron chi connectivity index (χ3n) is 7.50. The maximum absolute atomic E-state index is 13.4. The number of piperidine rings is 1. The quantitative estimate of drug-likeness (QED) is 0.292. The van der Waals surface area contributed by atoms with Crippen molar-refractivity contribution >= 4 is 45.5 Å². The molecule has 1 fully saturated rings. The Bertz CT molecular complexity index is 1470. The van der Waals surface area contributed by atoms with E-state index in [4.69, 9.17) is 24.9 Å². The lowest BCUT2D eigenvalue weighted by Crippen LogP contribution is -2.52. The number of carbonyl (C=O) groups excluding carboxylic acids is 2. The molecule has 0 unspecified atom stereocenters. The van der Waals surface area contributed by atoms with Gasteiger partial charge in [-0.3, -0.25) is 4.79 Å². The van der Waals surface area contributed by atoms with Crippen LogP contribution in [0.25, 0.3) is 11.5 Å². The molecular weight excluding hydrogens is 650 g/mol. The summed E-state index contributed by atoms with van der Waals surface area (Å²) in [5, 5.41) is 3.38. The number of aryl methyl sites for hydroxylation is 1. The predicted molar refractivity (Wildman–Crippen MR) is 170 cm³/mol.